The Bertz CT molecular complexity index is 448. The molecule has 0 aromatic carbocycles. The third-order valence-corrected chi connectivity index (χ3v) is 2.99. The highest BCUT2D eigenvalue weighted by molar-refractivity contribution is 4.90. The molecule has 2 atom stereocenters. The van der Waals surface area contributed by atoms with E-state index >= 15 is 0 Å². The van der Waals surface area contributed by atoms with Crippen LogP contribution in [0.5, 0.6) is 0 Å². The molecule has 15 heavy (non-hydrogen) atoms. The van der Waals surface area contributed by atoms with Crippen molar-refractivity contribution in [2.45, 2.75) is 37.8 Å². The maximum atomic E-state index is 11.5. The lowest BCUT2D eigenvalue weighted by atomic mass is 9.91. The predicted octanol–water partition coefficient (Wildman–Crippen LogP) is -0.0210. The highest BCUT2D eigenvalue weighted by atomic mass is 16.2. The number of nitrogens with two attached hydrogens (primary N) is 1. The van der Waals surface area contributed by atoms with Gasteiger partial charge in [-0.05, 0) is 12.8 Å². The van der Waals surface area contributed by atoms with Crippen molar-refractivity contribution in [3.63, 3.8) is 0 Å². The molecular weight excluding hydrogens is 194 g/mol. The molecule has 0 spiro atoms. The van der Waals surface area contributed by atoms with Crippen LogP contribution in [0.2, 0.25) is 0 Å². The topological polar surface area (TPSA) is 80.9 Å². The second kappa shape index (κ2) is 4.02. The lowest BCUT2D eigenvalue weighted by Gasteiger charge is -2.29. The fourth-order valence-electron chi connectivity index (χ4n) is 2.17. The Hall–Kier alpha value is -1.36. The van der Waals surface area contributed by atoms with Gasteiger partial charge in [-0.25, -0.2) is 4.79 Å². The average Bonchev–Trinajstić information content (AvgIpc) is 2.20. The maximum Gasteiger partial charge on any atom is 0.328 e. The Morgan fingerprint density at radius 3 is 2.73 bits per heavy atom. The smallest absolute Gasteiger partial charge is 0.326 e. The zero-order chi connectivity index (χ0) is 10.8. The van der Waals surface area contributed by atoms with Crippen molar-refractivity contribution < 1.29 is 0 Å². The Labute approximate surface area is 86.9 Å². The minimum atomic E-state index is -0.361. The fraction of sp³-hybridized carbons (Fsp3) is 0.600. The molecule has 0 radical (unpaired) electrons. The van der Waals surface area contributed by atoms with Crippen molar-refractivity contribution in [2.24, 2.45) is 5.73 Å². The molecule has 5 nitrogen and oxygen atoms in total. The van der Waals surface area contributed by atoms with Crippen LogP contribution >= 0.6 is 0 Å². The van der Waals surface area contributed by atoms with Crippen molar-refractivity contribution in [2.75, 3.05) is 0 Å². The van der Waals surface area contributed by atoms with Gasteiger partial charge in [-0.2, -0.15) is 0 Å². The van der Waals surface area contributed by atoms with Crippen molar-refractivity contribution in [3.05, 3.63) is 33.1 Å². The van der Waals surface area contributed by atoms with E-state index in [2.05, 4.69) is 4.98 Å². The van der Waals surface area contributed by atoms with E-state index in [1.54, 1.807) is 4.57 Å². The molecule has 0 amide bonds. The molecular formula is C10H15N3O2. The molecule has 2 rings (SSSR count). The van der Waals surface area contributed by atoms with Crippen molar-refractivity contribution >= 4 is 0 Å². The van der Waals surface area contributed by atoms with E-state index in [4.69, 9.17) is 5.73 Å². The summed E-state index contributed by atoms with van der Waals surface area (Å²) in [4.78, 5) is 24.7. The number of nitrogens with zero attached hydrogens (tertiary/aromatic N) is 1. The van der Waals surface area contributed by atoms with Gasteiger partial charge in [0.2, 0.25) is 0 Å². The predicted molar refractivity (Wildman–Crippen MR) is 56.8 cm³/mol. The largest absolute Gasteiger partial charge is 0.328 e. The fourth-order valence-corrected chi connectivity index (χ4v) is 2.17. The normalized spacial score (nSPS) is 26.5. The second-order valence-electron chi connectivity index (χ2n) is 4.03. The molecule has 0 aliphatic heterocycles. The highest BCUT2D eigenvalue weighted by Gasteiger charge is 2.23. The van der Waals surface area contributed by atoms with E-state index < -0.39 is 0 Å². The molecule has 1 aromatic rings. The number of H-pyrrole nitrogens is 1. The van der Waals surface area contributed by atoms with E-state index in [1.807, 2.05) is 0 Å². The van der Waals surface area contributed by atoms with Crippen LogP contribution < -0.4 is 17.0 Å². The molecule has 1 aliphatic rings. The first kappa shape index (κ1) is 10.2. The van der Waals surface area contributed by atoms with Crippen LogP contribution in [0.4, 0.5) is 0 Å². The summed E-state index contributed by atoms with van der Waals surface area (Å²) >= 11 is 0. The number of hydrogen-bond acceptors (Lipinski definition) is 3. The van der Waals surface area contributed by atoms with E-state index in [0.717, 1.165) is 25.7 Å². The summed E-state index contributed by atoms with van der Waals surface area (Å²) in [6, 6.07) is 1.41. The van der Waals surface area contributed by atoms with Gasteiger partial charge in [-0.1, -0.05) is 12.8 Å². The van der Waals surface area contributed by atoms with E-state index in [-0.39, 0.29) is 23.3 Å². The molecule has 1 heterocycles. The van der Waals surface area contributed by atoms with Gasteiger partial charge in [0.05, 0.1) is 6.04 Å². The number of hydrogen-bond donors (Lipinski definition) is 2. The molecule has 0 saturated heterocycles. The van der Waals surface area contributed by atoms with Crippen LogP contribution in [0.15, 0.2) is 21.9 Å². The van der Waals surface area contributed by atoms with E-state index in [1.165, 1.54) is 12.3 Å². The first-order valence-electron chi connectivity index (χ1n) is 5.25. The van der Waals surface area contributed by atoms with Gasteiger partial charge in [0, 0.05) is 18.3 Å². The first-order valence-corrected chi connectivity index (χ1v) is 5.25. The summed E-state index contributed by atoms with van der Waals surface area (Å²) in [5, 5.41) is 0. The third kappa shape index (κ3) is 2.02. The SMILES string of the molecule is N[C@H]1CCCC[C@@H]1n1ccc(=O)[nH]c1=O. The molecule has 1 aliphatic carbocycles. The molecule has 82 valence electrons. The molecule has 1 saturated carbocycles. The zero-order valence-corrected chi connectivity index (χ0v) is 8.48. The summed E-state index contributed by atoms with van der Waals surface area (Å²) in [6.07, 6.45) is 5.60. The zero-order valence-electron chi connectivity index (χ0n) is 8.48. The third-order valence-electron chi connectivity index (χ3n) is 2.99. The second-order valence-corrected chi connectivity index (χ2v) is 4.03. The highest BCUT2D eigenvalue weighted by Crippen LogP contribution is 2.25. The average molecular weight is 209 g/mol. The van der Waals surface area contributed by atoms with Gasteiger partial charge in [0.25, 0.3) is 5.56 Å². The Morgan fingerprint density at radius 2 is 2.07 bits per heavy atom. The molecule has 3 N–H and O–H groups in total. The van der Waals surface area contributed by atoms with Gasteiger partial charge >= 0.3 is 5.69 Å². The first-order chi connectivity index (χ1) is 7.18. The standard InChI is InChI=1S/C10H15N3O2/c11-7-3-1-2-4-8(7)13-6-5-9(14)12-10(13)15/h5-8H,1-4,11H2,(H,12,14,15)/t7-,8-/m0/s1. The van der Waals surface area contributed by atoms with Crippen LogP contribution in [0, 0.1) is 0 Å². The van der Waals surface area contributed by atoms with Gasteiger partial charge in [0.1, 0.15) is 0 Å². The number of rotatable bonds is 1. The quantitative estimate of drug-likeness (QED) is 0.682. The van der Waals surface area contributed by atoms with Crippen molar-refractivity contribution in [1.29, 1.82) is 0 Å². The van der Waals surface area contributed by atoms with Crippen LogP contribution in [0.25, 0.3) is 0 Å². The van der Waals surface area contributed by atoms with Crippen LogP contribution in [-0.4, -0.2) is 15.6 Å². The molecule has 0 unspecified atom stereocenters. The Morgan fingerprint density at radius 1 is 1.33 bits per heavy atom. The molecule has 1 fully saturated rings. The minimum absolute atomic E-state index is 0.0161. The monoisotopic (exact) mass is 209 g/mol. The van der Waals surface area contributed by atoms with Gasteiger partial charge in [-0.15, -0.1) is 0 Å². The summed E-state index contributed by atoms with van der Waals surface area (Å²) in [5.41, 5.74) is 5.25. The van der Waals surface area contributed by atoms with Gasteiger partial charge in [0.15, 0.2) is 0 Å². The maximum absolute atomic E-state index is 11.5. The number of aromatic amines is 1. The summed E-state index contributed by atoms with van der Waals surface area (Å²) in [6.45, 7) is 0. The molecule has 5 heteroatoms. The number of nitrogens with one attached hydrogen (secondary N) is 1. The Balaban J connectivity index is 2.36. The summed E-state index contributed by atoms with van der Waals surface area (Å²) < 4.78 is 1.55. The summed E-state index contributed by atoms with van der Waals surface area (Å²) in [5.74, 6) is 0. The van der Waals surface area contributed by atoms with Crippen LogP contribution in [0.3, 0.4) is 0 Å². The van der Waals surface area contributed by atoms with Crippen LogP contribution in [-0.2, 0) is 0 Å². The lowest BCUT2D eigenvalue weighted by Crippen LogP contribution is -2.41. The minimum Gasteiger partial charge on any atom is -0.326 e. The number of aromatic nitrogens is 2. The Kier molecular flexibility index (Phi) is 2.73. The van der Waals surface area contributed by atoms with E-state index in [9.17, 15) is 9.59 Å². The van der Waals surface area contributed by atoms with Crippen molar-refractivity contribution in [3.8, 4) is 0 Å². The van der Waals surface area contributed by atoms with E-state index in [0.29, 0.717) is 0 Å². The van der Waals surface area contributed by atoms with Gasteiger partial charge < -0.3 is 5.73 Å². The molecule has 0 bridgehead atoms. The van der Waals surface area contributed by atoms with Gasteiger partial charge in [-0.3, -0.25) is 14.3 Å². The lowest BCUT2D eigenvalue weighted by molar-refractivity contribution is 0.297. The van der Waals surface area contributed by atoms with Crippen molar-refractivity contribution in [1.82, 2.24) is 9.55 Å². The summed E-state index contributed by atoms with van der Waals surface area (Å²) in [7, 11) is 0. The molecule has 1 aromatic heterocycles. The van der Waals surface area contributed by atoms with Crippen LogP contribution in [0.1, 0.15) is 31.7 Å².